The van der Waals surface area contributed by atoms with Gasteiger partial charge in [-0.1, -0.05) is 36.0 Å². The van der Waals surface area contributed by atoms with E-state index in [2.05, 4.69) is 69.7 Å². The third-order valence-electron chi connectivity index (χ3n) is 6.09. The van der Waals surface area contributed by atoms with Gasteiger partial charge in [-0.05, 0) is 79.4 Å². The molecule has 7 heteroatoms. The van der Waals surface area contributed by atoms with E-state index in [0.29, 0.717) is 12.5 Å². The van der Waals surface area contributed by atoms with E-state index in [9.17, 15) is 4.79 Å². The van der Waals surface area contributed by atoms with E-state index >= 15 is 0 Å². The van der Waals surface area contributed by atoms with Crippen molar-refractivity contribution in [2.75, 3.05) is 19.3 Å². The number of benzene rings is 3. The molecule has 1 aliphatic heterocycles. The van der Waals surface area contributed by atoms with Crippen molar-refractivity contribution in [3.05, 3.63) is 84.6 Å². The number of hydrogen-bond donors (Lipinski definition) is 0. The molecular formula is C28H28N2O2S3. The first kappa shape index (κ1) is 24.4. The molecule has 4 nitrogen and oxygen atoms in total. The van der Waals surface area contributed by atoms with Gasteiger partial charge in [0.05, 0.1) is 18.6 Å². The summed E-state index contributed by atoms with van der Waals surface area (Å²) in [6.45, 7) is 4.11. The first-order valence-electron chi connectivity index (χ1n) is 11.7. The Morgan fingerprint density at radius 2 is 1.77 bits per heavy atom. The molecule has 0 amide bonds. The molecule has 3 aromatic carbocycles. The smallest absolute Gasteiger partial charge is 0.149 e. The molecule has 1 atom stereocenters. The molecule has 0 radical (unpaired) electrons. The Labute approximate surface area is 219 Å². The minimum atomic E-state index is 0.173. The largest absolute Gasteiger partial charge is 0.426 e. The number of nitrogens with zero attached hydrogens (tertiary/aromatic N) is 2. The van der Waals surface area contributed by atoms with Gasteiger partial charge < -0.3 is 8.75 Å². The maximum absolute atomic E-state index is 12.0. The van der Waals surface area contributed by atoms with Crippen LogP contribution in [-0.4, -0.2) is 34.0 Å². The van der Waals surface area contributed by atoms with Crippen LogP contribution >= 0.6 is 35.8 Å². The van der Waals surface area contributed by atoms with Crippen LogP contribution in [-0.2, 0) is 11.3 Å². The van der Waals surface area contributed by atoms with Crippen molar-refractivity contribution in [3.63, 3.8) is 0 Å². The summed E-state index contributed by atoms with van der Waals surface area (Å²) in [6.07, 6.45) is 5.25. The molecule has 1 fully saturated rings. The Morgan fingerprint density at radius 1 is 1.00 bits per heavy atom. The van der Waals surface area contributed by atoms with Crippen LogP contribution in [0.15, 0.2) is 93.7 Å². The highest BCUT2D eigenvalue weighted by Crippen LogP contribution is 2.39. The molecule has 0 bridgehead atoms. The maximum atomic E-state index is 12.0. The molecule has 2 heterocycles. The van der Waals surface area contributed by atoms with Crippen LogP contribution in [0.4, 0.5) is 0 Å². The summed E-state index contributed by atoms with van der Waals surface area (Å²) < 4.78 is 10.1. The molecule has 180 valence electrons. The van der Waals surface area contributed by atoms with E-state index in [1.165, 1.54) is 37.7 Å². The van der Waals surface area contributed by atoms with Gasteiger partial charge in [-0.2, -0.15) is 0 Å². The Bertz CT molecular complexity index is 1310. The molecule has 1 aromatic heterocycles. The summed E-state index contributed by atoms with van der Waals surface area (Å²) >= 11 is 4.92. The number of rotatable bonds is 9. The average Bonchev–Trinajstić information content (AvgIpc) is 3.45. The van der Waals surface area contributed by atoms with E-state index in [-0.39, 0.29) is 5.78 Å². The van der Waals surface area contributed by atoms with Crippen LogP contribution in [0.3, 0.4) is 0 Å². The van der Waals surface area contributed by atoms with E-state index in [1.54, 1.807) is 18.7 Å². The molecular weight excluding hydrogens is 493 g/mol. The van der Waals surface area contributed by atoms with Crippen molar-refractivity contribution in [1.82, 2.24) is 8.87 Å². The number of fused-ring (bicyclic) bond motifs is 1. The van der Waals surface area contributed by atoms with Gasteiger partial charge >= 0.3 is 0 Å². The van der Waals surface area contributed by atoms with E-state index in [0.717, 1.165) is 30.8 Å². The molecule has 1 saturated heterocycles. The molecule has 0 aliphatic carbocycles. The standard InChI is InChI=1S/C28H28N2O2S3/c1-20(31)17-29-19-27(26-13-12-25(16-28(26)29)34-23-6-4-3-5-7-23)21-14-15-30(18-21)35-24-10-8-22(9-11-24)32-33-2/h3-13,16,19,21H,14-15,17-18H2,1-2H3. The van der Waals surface area contributed by atoms with E-state index in [4.69, 9.17) is 4.18 Å². The van der Waals surface area contributed by atoms with Gasteiger partial charge in [0.1, 0.15) is 11.5 Å². The van der Waals surface area contributed by atoms with Gasteiger partial charge in [0.2, 0.25) is 0 Å². The summed E-state index contributed by atoms with van der Waals surface area (Å²) in [5.74, 6) is 1.50. The molecule has 1 unspecified atom stereocenters. The zero-order valence-corrected chi connectivity index (χ0v) is 22.3. The maximum Gasteiger partial charge on any atom is 0.149 e. The van der Waals surface area contributed by atoms with Crippen LogP contribution in [0.25, 0.3) is 10.9 Å². The first-order chi connectivity index (χ1) is 17.1. The number of carbonyl (C=O) groups excluding carboxylic acids is 1. The highest BCUT2D eigenvalue weighted by Gasteiger charge is 2.27. The minimum absolute atomic E-state index is 0.173. The van der Waals surface area contributed by atoms with Crippen molar-refractivity contribution >= 4 is 52.4 Å². The molecule has 0 spiro atoms. The lowest BCUT2D eigenvalue weighted by Gasteiger charge is -2.15. The zero-order valence-electron chi connectivity index (χ0n) is 19.8. The fourth-order valence-electron chi connectivity index (χ4n) is 4.55. The number of ketones is 1. The Kier molecular flexibility index (Phi) is 7.78. The van der Waals surface area contributed by atoms with Gasteiger partial charge in [0.15, 0.2) is 0 Å². The topological polar surface area (TPSA) is 34.5 Å². The van der Waals surface area contributed by atoms with Crippen LogP contribution in [0.1, 0.15) is 24.8 Å². The summed E-state index contributed by atoms with van der Waals surface area (Å²) in [6, 6.07) is 25.4. The number of aromatic nitrogens is 1. The van der Waals surface area contributed by atoms with Gasteiger partial charge in [0, 0.05) is 57.0 Å². The predicted octanol–water partition coefficient (Wildman–Crippen LogP) is 7.53. The third-order valence-corrected chi connectivity index (χ3v) is 8.51. The van der Waals surface area contributed by atoms with Gasteiger partial charge in [0.25, 0.3) is 0 Å². The Balaban J connectivity index is 1.36. The minimum Gasteiger partial charge on any atom is -0.426 e. The van der Waals surface area contributed by atoms with Gasteiger partial charge in [-0.3, -0.25) is 4.79 Å². The fourth-order valence-corrected chi connectivity index (χ4v) is 6.73. The van der Waals surface area contributed by atoms with Crippen molar-refractivity contribution in [1.29, 1.82) is 0 Å². The fraction of sp³-hybridized carbons (Fsp3) is 0.250. The molecule has 4 aromatic rings. The number of carbonyl (C=O) groups is 1. The molecule has 0 N–H and O–H groups in total. The van der Waals surface area contributed by atoms with Crippen LogP contribution < -0.4 is 4.18 Å². The van der Waals surface area contributed by atoms with Crippen LogP contribution in [0.2, 0.25) is 0 Å². The molecule has 35 heavy (non-hydrogen) atoms. The van der Waals surface area contributed by atoms with E-state index < -0.39 is 0 Å². The lowest BCUT2D eigenvalue weighted by Crippen LogP contribution is -2.11. The van der Waals surface area contributed by atoms with E-state index in [1.807, 2.05) is 36.4 Å². The highest BCUT2D eigenvalue weighted by molar-refractivity contribution is 7.99. The first-order valence-corrected chi connectivity index (χ1v) is 14.4. The second kappa shape index (κ2) is 11.2. The summed E-state index contributed by atoms with van der Waals surface area (Å²) in [5.41, 5.74) is 2.50. The Morgan fingerprint density at radius 3 is 2.51 bits per heavy atom. The van der Waals surface area contributed by atoms with Gasteiger partial charge in [-0.25, -0.2) is 4.31 Å². The lowest BCUT2D eigenvalue weighted by atomic mass is 9.98. The molecule has 5 rings (SSSR count). The van der Waals surface area contributed by atoms with Crippen LogP contribution in [0.5, 0.6) is 5.75 Å². The van der Waals surface area contributed by atoms with Crippen LogP contribution in [0, 0.1) is 0 Å². The SMILES string of the molecule is CSOc1ccc(SN2CCC(c3cn(CC(C)=O)c4cc(Sc5ccccc5)ccc34)C2)cc1. The average molecular weight is 521 g/mol. The van der Waals surface area contributed by atoms with Gasteiger partial charge in [-0.15, -0.1) is 0 Å². The summed E-state index contributed by atoms with van der Waals surface area (Å²) in [7, 11) is 0. The Hall–Kier alpha value is -2.32. The summed E-state index contributed by atoms with van der Waals surface area (Å²) in [4.78, 5) is 15.7. The second-order valence-corrected chi connectivity index (χ2v) is 11.5. The van der Waals surface area contributed by atoms with Crippen molar-refractivity contribution in [2.24, 2.45) is 0 Å². The van der Waals surface area contributed by atoms with Crippen molar-refractivity contribution in [2.45, 2.75) is 40.5 Å². The van der Waals surface area contributed by atoms with Crippen molar-refractivity contribution in [3.8, 4) is 5.75 Å². The predicted molar refractivity (Wildman–Crippen MR) is 149 cm³/mol. The lowest BCUT2D eigenvalue weighted by molar-refractivity contribution is -0.117. The second-order valence-electron chi connectivity index (χ2n) is 8.69. The zero-order chi connectivity index (χ0) is 24.2. The van der Waals surface area contributed by atoms with Crippen molar-refractivity contribution < 1.29 is 8.98 Å². The highest BCUT2D eigenvalue weighted by atomic mass is 32.2. The quantitative estimate of drug-likeness (QED) is 0.168. The number of Topliss-reactive ketones (excluding diaryl/α,β-unsaturated/α-hetero) is 1. The monoisotopic (exact) mass is 520 g/mol. The summed E-state index contributed by atoms with van der Waals surface area (Å²) in [5, 5.41) is 1.26. The molecule has 0 saturated carbocycles. The third kappa shape index (κ3) is 5.92. The molecule has 1 aliphatic rings. The normalized spacial score (nSPS) is 16.1. The number of hydrogen-bond acceptors (Lipinski definition) is 6.